The fraction of sp³-hybridized carbons (Fsp3) is 0.323. The monoisotopic (exact) mass is 490 g/mol. The van der Waals surface area contributed by atoms with Crippen LogP contribution in [-0.4, -0.2) is 64.0 Å². The minimum Gasteiger partial charge on any atom is -0.367 e. The largest absolute Gasteiger partial charge is 0.367 e. The van der Waals surface area contributed by atoms with Crippen molar-refractivity contribution in [1.29, 1.82) is 0 Å². The highest BCUT2D eigenvalue weighted by molar-refractivity contribution is 5.76. The highest BCUT2D eigenvalue weighted by Gasteiger charge is 2.24. The highest BCUT2D eigenvalue weighted by atomic mass is 15.2. The summed E-state index contributed by atoms with van der Waals surface area (Å²) in [6.45, 7) is 3.32. The van der Waals surface area contributed by atoms with Gasteiger partial charge in [0, 0.05) is 61.4 Å². The van der Waals surface area contributed by atoms with E-state index in [0.717, 1.165) is 47.0 Å². The molecular weight excluding hydrogens is 456 g/mol. The van der Waals surface area contributed by atoms with E-state index < -0.39 is 0 Å². The average molecular weight is 491 g/mol. The maximum absolute atomic E-state index is 4.86. The number of hydrogen-bond donors (Lipinski definition) is 1. The molecule has 37 heavy (non-hydrogen) atoms. The molecule has 2 aliphatic rings. The second-order valence-corrected chi connectivity index (χ2v) is 10.6. The zero-order chi connectivity index (χ0) is 25.2. The van der Waals surface area contributed by atoms with Crippen molar-refractivity contribution in [3.05, 3.63) is 84.8 Å². The molecule has 1 atom stereocenters. The summed E-state index contributed by atoms with van der Waals surface area (Å²) < 4.78 is 0. The van der Waals surface area contributed by atoms with E-state index >= 15 is 0 Å². The van der Waals surface area contributed by atoms with Crippen molar-refractivity contribution in [3.63, 3.8) is 0 Å². The van der Waals surface area contributed by atoms with Crippen LogP contribution in [0, 0.1) is 0 Å². The Labute approximate surface area is 219 Å². The topological polar surface area (TPSA) is 57.2 Å². The molecule has 2 fully saturated rings. The van der Waals surface area contributed by atoms with Gasteiger partial charge in [0.05, 0.1) is 11.4 Å². The van der Waals surface area contributed by atoms with Gasteiger partial charge in [0.15, 0.2) is 0 Å². The standard InChI is InChI=1S/C31H34N6/c1-36(2)28-12-14-37(21-28)20-22-6-8-23(9-7-22)25-15-26(19-32-18-25)24-16-30(29-5-3-4-13-33-29)35-31(17-24)34-27-10-11-27/h3-9,13,15-19,27-28H,10-12,14,20-21H2,1-2H3,(H,34,35)/t28-/m1/s1. The average Bonchev–Trinajstić information content (AvgIpc) is 3.62. The number of benzene rings is 1. The molecule has 6 nitrogen and oxygen atoms in total. The molecule has 6 heteroatoms. The minimum absolute atomic E-state index is 0.525. The zero-order valence-electron chi connectivity index (χ0n) is 21.6. The molecule has 188 valence electrons. The Morgan fingerprint density at radius 3 is 2.38 bits per heavy atom. The van der Waals surface area contributed by atoms with E-state index in [2.05, 4.69) is 81.6 Å². The van der Waals surface area contributed by atoms with Gasteiger partial charge < -0.3 is 10.2 Å². The van der Waals surface area contributed by atoms with Crippen LogP contribution in [0.1, 0.15) is 24.8 Å². The number of likely N-dealkylation sites (N-methyl/N-ethyl adjacent to an activating group) is 1. The first-order chi connectivity index (χ1) is 18.1. The molecule has 1 saturated carbocycles. The summed E-state index contributed by atoms with van der Waals surface area (Å²) in [4.78, 5) is 18.9. The first-order valence-electron chi connectivity index (χ1n) is 13.2. The molecule has 0 unspecified atom stereocenters. The van der Waals surface area contributed by atoms with Gasteiger partial charge in [-0.1, -0.05) is 30.3 Å². The van der Waals surface area contributed by atoms with Crippen LogP contribution in [0.25, 0.3) is 33.6 Å². The lowest BCUT2D eigenvalue weighted by Crippen LogP contribution is -2.31. The predicted octanol–water partition coefficient (Wildman–Crippen LogP) is 5.58. The van der Waals surface area contributed by atoms with Crippen LogP contribution in [0.2, 0.25) is 0 Å². The number of hydrogen-bond acceptors (Lipinski definition) is 6. The summed E-state index contributed by atoms with van der Waals surface area (Å²) in [6.07, 6.45) is 9.35. The molecule has 4 aromatic rings. The first kappa shape index (κ1) is 23.8. The van der Waals surface area contributed by atoms with Crippen LogP contribution < -0.4 is 5.32 Å². The van der Waals surface area contributed by atoms with Gasteiger partial charge in [0.25, 0.3) is 0 Å². The van der Waals surface area contributed by atoms with Crippen LogP contribution in [-0.2, 0) is 6.54 Å². The number of aromatic nitrogens is 3. The Bertz CT molecular complexity index is 1350. The quantitative estimate of drug-likeness (QED) is 0.348. The number of pyridine rings is 3. The fourth-order valence-corrected chi connectivity index (χ4v) is 5.05. The van der Waals surface area contributed by atoms with Gasteiger partial charge in [0.2, 0.25) is 0 Å². The van der Waals surface area contributed by atoms with Crippen LogP contribution >= 0.6 is 0 Å². The lowest BCUT2D eigenvalue weighted by Gasteiger charge is -2.20. The SMILES string of the molecule is CN(C)[C@@H]1CCN(Cc2ccc(-c3cncc(-c4cc(NC5CC5)nc(-c5ccccn5)c4)c3)cc2)C1. The van der Waals surface area contributed by atoms with E-state index in [9.17, 15) is 0 Å². The van der Waals surface area contributed by atoms with E-state index in [1.807, 2.05) is 36.8 Å². The summed E-state index contributed by atoms with van der Waals surface area (Å²) >= 11 is 0. The third-order valence-electron chi connectivity index (χ3n) is 7.42. The molecule has 0 spiro atoms. The summed E-state index contributed by atoms with van der Waals surface area (Å²) in [5, 5.41) is 3.56. The third kappa shape index (κ3) is 5.71. The molecule has 1 aromatic carbocycles. The van der Waals surface area contributed by atoms with Crippen LogP contribution in [0.15, 0.2) is 79.3 Å². The molecule has 6 rings (SSSR count). The van der Waals surface area contributed by atoms with Gasteiger partial charge >= 0.3 is 0 Å². The van der Waals surface area contributed by atoms with E-state index in [1.54, 1.807) is 0 Å². The summed E-state index contributed by atoms with van der Waals surface area (Å²) in [7, 11) is 4.36. The first-order valence-corrected chi connectivity index (χ1v) is 13.2. The van der Waals surface area contributed by atoms with Crippen LogP contribution in [0.4, 0.5) is 5.82 Å². The Hall–Kier alpha value is -3.61. The molecule has 3 aromatic heterocycles. The molecule has 0 radical (unpaired) electrons. The molecule has 1 aliphatic heterocycles. The van der Waals surface area contributed by atoms with E-state index in [1.165, 1.54) is 36.9 Å². The summed E-state index contributed by atoms with van der Waals surface area (Å²) in [6, 6.07) is 22.6. The zero-order valence-corrected chi connectivity index (χ0v) is 21.6. The Balaban J connectivity index is 1.24. The van der Waals surface area contributed by atoms with Crippen LogP contribution in [0.3, 0.4) is 0 Å². The van der Waals surface area contributed by atoms with Gasteiger partial charge in [-0.2, -0.15) is 0 Å². The number of likely N-dealkylation sites (tertiary alicyclic amines) is 1. The Morgan fingerprint density at radius 1 is 0.865 bits per heavy atom. The number of nitrogens with zero attached hydrogens (tertiary/aromatic N) is 5. The smallest absolute Gasteiger partial charge is 0.127 e. The van der Waals surface area contributed by atoms with Crippen LogP contribution in [0.5, 0.6) is 0 Å². The number of nitrogens with one attached hydrogen (secondary N) is 1. The normalized spacial score (nSPS) is 17.9. The van der Waals surface area contributed by atoms with Gasteiger partial charge in [-0.25, -0.2) is 4.98 Å². The van der Waals surface area contributed by atoms with Crippen molar-refractivity contribution in [2.24, 2.45) is 0 Å². The van der Waals surface area contributed by atoms with Crippen molar-refractivity contribution in [3.8, 4) is 33.6 Å². The van der Waals surface area contributed by atoms with E-state index in [0.29, 0.717) is 12.1 Å². The van der Waals surface area contributed by atoms with Gasteiger partial charge in [-0.05, 0) is 80.4 Å². The lowest BCUT2D eigenvalue weighted by molar-refractivity contribution is 0.264. The van der Waals surface area contributed by atoms with E-state index in [4.69, 9.17) is 4.98 Å². The van der Waals surface area contributed by atoms with Crippen molar-refractivity contribution >= 4 is 5.82 Å². The third-order valence-corrected chi connectivity index (χ3v) is 7.42. The summed E-state index contributed by atoms with van der Waals surface area (Å²) in [5.74, 6) is 0.897. The maximum atomic E-state index is 4.86. The molecular formula is C31H34N6. The second kappa shape index (κ2) is 10.4. The van der Waals surface area contributed by atoms with Crippen molar-refractivity contribution in [2.75, 3.05) is 32.5 Å². The Morgan fingerprint density at radius 2 is 1.68 bits per heavy atom. The predicted molar refractivity (Wildman–Crippen MR) is 150 cm³/mol. The molecule has 1 aliphatic carbocycles. The highest BCUT2D eigenvalue weighted by Crippen LogP contribution is 2.32. The fourth-order valence-electron chi connectivity index (χ4n) is 5.05. The number of rotatable bonds is 8. The molecule has 4 heterocycles. The minimum atomic E-state index is 0.525. The lowest BCUT2D eigenvalue weighted by atomic mass is 10.0. The summed E-state index contributed by atoms with van der Waals surface area (Å²) in [5.41, 5.74) is 7.57. The van der Waals surface area contributed by atoms with Gasteiger partial charge in [-0.3, -0.25) is 14.9 Å². The maximum Gasteiger partial charge on any atom is 0.127 e. The second-order valence-electron chi connectivity index (χ2n) is 10.6. The van der Waals surface area contributed by atoms with Crippen molar-refractivity contribution in [1.82, 2.24) is 24.8 Å². The molecule has 0 bridgehead atoms. The van der Waals surface area contributed by atoms with E-state index in [-0.39, 0.29) is 0 Å². The van der Waals surface area contributed by atoms with Gasteiger partial charge in [-0.15, -0.1) is 0 Å². The molecule has 1 N–H and O–H groups in total. The van der Waals surface area contributed by atoms with Crippen molar-refractivity contribution < 1.29 is 0 Å². The van der Waals surface area contributed by atoms with Crippen molar-refractivity contribution in [2.45, 2.75) is 37.9 Å². The molecule has 0 amide bonds. The van der Waals surface area contributed by atoms with Gasteiger partial charge in [0.1, 0.15) is 5.82 Å². The molecule has 1 saturated heterocycles. The number of anilines is 1. The Kier molecular flexibility index (Phi) is 6.68.